The lowest BCUT2D eigenvalue weighted by Gasteiger charge is -2.52. The molecule has 0 amide bonds. The molecule has 1 nitrogen and oxygen atoms in total. The number of fused-ring (bicyclic) bond motifs is 2. The molecule has 2 unspecified atom stereocenters. The molecule has 1 aliphatic heterocycles. The molecule has 0 aromatic rings. The molecular formula is C16H21N. The summed E-state index contributed by atoms with van der Waals surface area (Å²) in [5, 5.41) is 0. The Hall–Kier alpha value is -1.24. The van der Waals surface area contributed by atoms with Gasteiger partial charge in [-0.05, 0) is 23.8 Å². The largest absolute Gasteiger partial charge is 0.368 e. The van der Waals surface area contributed by atoms with E-state index in [-0.39, 0.29) is 5.41 Å². The van der Waals surface area contributed by atoms with E-state index in [1.54, 1.807) is 5.57 Å². The quantitative estimate of drug-likeness (QED) is 0.610. The van der Waals surface area contributed by atoms with Gasteiger partial charge in [-0.3, -0.25) is 0 Å². The fourth-order valence-corrected chi connectivity index (χ4v) is 3.56. The van der Waals surface area contributed by atoms with Crippen molar-refractivity contribution in [3.63, 3.8) is 0 Å². The maximum atomic E-state index is 2.46. The Morgan fingerprint density at radius 3 is 2.65 bits per heavy atom. The van der Waals surface area contributed by atoms with Gasteiger partial charge in [-0.15, -0.1) is 0 Å². The van der Waals surface area contributed by atoms with E-state index in [0.29, 0.717) is 12.0 Å². The molecule has 90 valence electrons. The van der Waals surface area contributed by atoms with Crippen LogP contribution in [-0.2, 0) is 0 Å². The highest BCUT2D eigenvalue weighted by Crippen LogP contribution is 2.50. The van der Waals surface area contributed by atoms with Gasteiger partial charge in [0.25, 0.3) is 0 Å². The number of likely N-dealkylation sites (N-methyl/N-ethyl adjacent to an activating group) is 1. The number of hydrogen-bond acceptors (Lipinski definition) is 1. The molecule has 3 rings (SSSR count). The number of allylic oxidation sites excluding steroid dienone is 5. The van der Waals surface area contributed by atoms with E-state index >= 15 is 0 Å². The zero-order valence-corrected chi connectivity index (χ0v) is 11.0. The maximum absolute atomic E-state index is 2.46. The topological polar surface area (TPSA) is 3.24 Å². The Morgan fingerprint density at radius 1 is 1.12 bits per heavy atom. The van der Waals surface area contributed by atoms with E-state index in [0.717, 1.165) is 0 Å². The highest BCUT2D eigenvalue weighted by molar-refractivity contribution is 5.44. The summed E-state index contributed by atoms with van der Waals surface area (Å²) in [5.74, 6) is 0.596. The number of likely N-dealkylation sites (tertiary alicyclic amines) is 1. The van der Waals surface area contributed by atoms with Crippen molar-refractivity contribution in [2.75, 3.05) is 7.05 Å². The van der Waals surface area contributed by atoms with Crippen molar-refractivity contribution in [1.82, 2.24) is 4.90 Å². The van der Waals surface area contributed by atoms with Crippen LogP contribution in [0.2, 0.25) is 0 Å². The molecule has 1 heterocycles. The Morgan fingerprint density at radius 2 is 1.82 bits per heavy atom. The Bertz CT molecular complexity index is 448. The molecule has 0 N–H and O–H groups in total. The summed E-state index contributed by atoms with van der Waals surface area (Å²) >= 11 is 0. The van der Waals surface area contributed by atoms with Crippen LogP contribution in [0.25, 0.3) is 0 Å². The average molecular weight is 227 g/mol. The van der Waals surface area contributed by atoms with Crippen molar-refractivity contribution in [1.29, 1.82) is 0 Å². The first-order chi connectivity index (χ1) is 8.12. The van der Waals surface area contributed by atoms with Crippen molar-refractivity contribution in [3.05, 3.63) is 47.7 Å². The van der Waals surface area contributed by atoms with Gasteiger partial charge in [-0.2, -0.15) is 0 Å². The lowest BCUT2D eigenvalue weighted by Crippen LogP contribution is -2.50. The zero-order valence-electron chi connectivity index (χ0n) is 11.0. The molecule has 0 radical (unpaired) electrons. The van der Waals surface area contributed by atoms with Crippen LogP contribution in [0.5, 0.6) is 0 Å². The van der Waals surface area contributed by atoms with E-state index < -0.39 is 0 Å². The summed E-state index contributed by atoms with van der Waals surface area (Å²) in [6.45, 7) is 4.79. The molecule has 0 spiro atoms. The lowest BCUT2D eigenvalue weighted by molar-refractivity contribution is 0.154. The number of nitrogens with zero attached hydrogens (tertiary/aromatic N) is 1. The van der Waals surface area contributed by atoms with E-state index in [1.807, 2.05) is 0 Å². The summed E-state index contributed by atoms with van der Waals surface area (Å²) < 4.78 is 0. The average Bonchev–Trinajstić information content (AvgIpc) is 2.37. The molecule has 0 bridgehead atoms. The Kier molecular flexibility index (Phi) is 2.32. The van der Waals surface area contributed by atoms with Crippen LogP contribution in [0.1, 0.15) is 26.7 Å². The predicted octanol–water partition coefficient (Wildman–Crippen LogP) is 3.67. The van der Waals surface area contributed by atoms with Gasteiger partial charge in [0.15, 0.2) is 0 Å². The second kappa shape index (κ2) is 3.63. The zero-order chi connectivity index (χ0) is 12.0. The Balaban J connectivity index is 2.11. The third kappa shape index (κ3) is 1.45. The number of rotatable bonds is 0. The molecule has 0 aromatic heterocycles. The van der Waals surface area contributed by atoms with Crippen molar-refractivity contribution >= 4 is 0 Å². The molecule has 0 saturated carbocycles. The molecule has 17 heavy (non-hydrogen) atoms. The van der Waals surface area contributed by atoms with Crippen LogP contribution in [-0.4, -0.2) is 18.0 Å². The molecule has 2 aliphatic carbocycles. The molecule has 2 atom stereocenters. The third-order valence-electron chi connectivity index (χ3n) is 4.59. The highest BCUT2D eigenvalue weighted by Gasteiger charge is 2.45. The number of hydrogen-bond donors (Lipinski definition) is 0. The summed E-state index contributed by atoms with van der Waals surface area (Å²) in [4.78, 5) is 2.46. The highest BCUT2D eigenvalue weighted by atomic mass is 15.2. The second-order valence-corrected chi connectivity index (χ2v) is 5.90. The van der Waals surface area contributed by atoms with E-state index in [4.69, 9.17) is 0 Å². The standard InChI is InChI=1S/C16H21N/c1-16(2)12-8-4-6-10-14(12)17(3)15-11-7-5-9-13(15)16/h4,6,8-12,14H,5,7H2,1-3H3. The molecule has 1 heteroatoms. The van der Waals surface area contributed by atoms with E-state index in [9.17, 15) is 0 Å². The fourth-order valence-electron chi connectivity index (χ4n) is 3.56. The molecule has 0 aromatic carbocycles. The van der Waals surface area contributed by atoms with Crippen LogP contribution in [0, 0.1) is 11.3 Å². The molecule has 1 fully saturated rings. The van der Waals surface area contributed by atoms with Crippen LogP contribution in [0.15, 0.2) is 47.7 Å². The summed E-state index contributed by atoms with van der Waals surface area (Å²) in [5.41, 5.74) is 3.26. The van der Waals surface area contributed by atoms with Gasteiger partial charge in [0, 0.05) is 18.7 Å². The molecule has 1 saturated heterocycles. The van der Waals surface area contributed by atoms with Crippen molar-refractivity contribution in [3.8, 4) is 0 Å². The Labute approximate surface area is 104 Å². The first-order valence-corrected chi connectivity index (χ1v) is 6.61. The van der Waals surface area contributed by atoms with Crippen LogP contribution in [0.3, 0.4) is 0 Å². The fraction of sp³-hybridized carbons (Fsp3) is 0.500. The minimum Gasteiger partial charge on any atom is -0.368 e. The van der Waals surface area contributed by atoms with Crippen LogP contribution in [0.4, 0.5) is 0 Å². The SMILES string of the molecule is CN1C2=CCCC=C2C(C)(C)C2C=CC=CC21. The van der Waals surface area contributed by atoms with Gasteiger partial charge >= 0.3 is 0 Å². The van der Waals surface area contributed by atoms with Gasteiger partial charge < -0.3 is 4.90 Å². The van der Waals surface area contributed by atoms with Crippen LogP contribution < -0.4 is 0 Å². The minimum absolute atomic E-state index is 0.255. The first kappa shape index (κ1) is 10.9. The first-order valence-electron chi connectivity index (χ1n) is 6.61. The predicted molar refractivity (Wildman–Crippen MR) is 72.5 cm³/mol. The van der Waals surface area contributed by atoms with Crippen molar-refractivity contribution in [2.45, 2.75) is 32.7 Å². The van der Waals surface area contributed by atoms with Crippen LogP contribution >= 0.6 is 0 Å². The summed E-state index contributed by atoms with van der Waals surface area (Å²) in [6.07, 6.45) is 16.4. The monoisotopic (exact) mass is 227 g/mol. The van der Waals surface area contributed by atoms with E-state index in [1.165, 1.54) is 18.5 Å². The third-order valence-corrected chi connectivity index (χ3v) is 4.59. The smallest absolute Gasteiger partial charge is 0.0544 e. The van der Waals surface area contributed by atoms with Gasteiger partial charge in [0.05, 0.1) is 6.04 Å². The van der Waals surface area contributed by atoms with Crippen molar-refractivity contribution in [2.24, 2.45) is 11.3 Å². The molecular weight excluding hydrogens is 206 g/mol. The van der Waals surface area contributed by atoms with Gasteiger partial charge in [-0.25, -0.2) is 0 Å². The van der Waals surface area contributed by atoms with Gasteiger partial charge in [0.1, 0.15) is 0 Å². The second-order valence-electron chi connectivity index (χ2n) is 5.90. The lowest BCUT2D eigenvalue weighted by atomic mass is 9.63. The minimum atomic E-state index is 0.255. The van der Waals surface area contributed by atoms with Gasteiger partial charge in [0.2, 0.25) is 0 Å². The normalized spacial score (nSPS) is 33.7. The summed E-state index contributed by atoms with van der Waals surface area (Å²) in [7, 11) is 2.24. The van der Waals surface area contributed by atoms with Crippen molar-refractivity contribution < 1.29 is 0 Å². The number of piperidine rings is 1. The van der Waals surface area contributed by atoms with E-state index in [2.05, 4.69) is 62.3 Å². The summed E-state index contributed by atoms with van der Waals surface area (Å²) in [6, 6.07) is 0.525. The van der Waals surface area contributed by atoms with Gasteiger partial charge in [-0.1, -0.05) is 50.3 Å². The molecule has 3 aliphatic rings. The maximum Gasteiger partial charge on any atom is 0.0544 e.